The first-order valence-corrected chi connectivity index (χ1v) is 21.3. The number of aromatic nitrogens is 1. The Morgan fingerprint density at radius 3 is 2.45 bits per heavy atom. The van der Waals surface area contributed by atoms with E-state index in [9.17, 15) is 33.6 Å². The predicted octanol–water partition coefficient (Wildman–Crippen LogP) is 3.05. The molecule has 0 bridgehead atoms. The number of pyridine rings is 1. The largest absolute Gasteiger partial charge is 0.490 e. The monoisotopic (exact) mass is 789 g/mol. The Morgan fingerprint density at radius 1 is 1.02 bits per heavy atom. The molecule has 3 aromatic rings. The van der Waals surface area contributed by atoms with Crippen LogP contribution in [0.25, 0.3) is 11.1 Å². The number of aliphatic hydroxyl groups excluding tert-OH is 5. The Bertz CT molecular complexity index is 1830. The van der Waals surface area contributed by atoms with E-state index in [1.54, 1.807) is 11.8 Å². The number of rotatable bonds is 18. The van der Waals surface area contributed by atoms with E-state index >= 15 is 0 Å². The number of ether oxygens (including phenoxy) is 1. The lowest BCUT2D eigenvalue weighted by atomic mass is 9.94. The first-order valence-electron chi connectivity index (χ1n) is 18.1. The molecule has 4 atom stereocenters. The predicted molar refractivity (Wildman–Crippen MR) is 202 cm³/mol. The molecule has 2 heterocycles. The molecule has 53 heavy (non-hydrogen) atoms. The molecule has 2 saturated carbocycles. The number of hydrogen-bond donors (Lipinski definition) is 6. The lowest BCUT2D eigenvalue weighted by Crippen LogP contribution is -2.55. The quantitative estimate of drug-likeness (QED) is 0.0818. The Labute approximate surface area is 319 Å². The molecule has 1 saturated heterocycles. The van der Waals surface area contributed by atoms with Gasteiger partial charge in [0.1, 0.15) is 33.9 Å². The fourth-order valence-electron chi connectivity index (χ4n) is 6.80. The summed E-state index contributed by atoms with van der Waals surface area (Å²) >= 11 is 8.26. The van der Waals surface area contributed by atoms with E-state index in [1.807, 2.05) is 48.8 Å². The minimum absolute atomic E-state index is 0.103. The van der Waals surface area contributed by atoms with Gasteiger partial charge in [-0.3, -0.25) is 9.78 Å². The number of para-hydroxylation sites is 1. The lowest BCUT2D eigenvalue weighted by Gasteiger charge is -2.37. The number of nitrogens with one attached hydrogen (secondary N) is 1. The molecular weight excluding hydrogens is 742 g/mol. The standard InChI is InChI=1S/C38H48ClN3O9S2/c39-31-9-8-27(52-17-3-16-42(25-11-18-53(49,50)19-12-25)37(48)36(47)35(46)34(45)32(44)23-43)20-24(31)21-41-38(13-14-38)30-22-40-15-10-28(30)29-4-1-2-5-33(29)51-26-6-7-26/h1-2,4-5,8-10,15,20,22,25-26,32,34-36,41,43-47H,3,6-7,11-14,16-19,21,23H2. The van der Waals surface area contributed by atoms with Gasteiger partial charge in [-0.05, 0) is 97.7 Å². The number of thioether (sulfide) groups is 1. The van der Waals surface area contributed by atoms with Crippen molar-refractivity contribution in [1.29, 1.82) is 0 Å². The van der Waals surface area contributed by atoms with Gasteiger partial charge in [0.05, 0.1) is 24.2 Å². The highest BCUT2D eigenvalue weighted by Crippen LogP contribution is 2.50. The van der Waals surface area contributed by atoms with Crippen molar-refractivity contribution in [3.05, 3.63) is 77.1 Å². The van der Waals surface area contributed by atoms with Crippen LogP contribution in [0.5, 0.6) is 5.75 Å². The van der Waals surface area contributed by atoms with E-state index in [1.165, 1.54) is 4.90 Å². The van der Waals surface area contributed by atoms with Crippen LogP contribution >= 0.6 is 23.4 Å². The summed E-state index contributed by atoms with van der Waals surface area (Å²) < 4.78 is 30.4. The fraction of sp³-hybridized carbons (Fsp3) is 0.526. The number of aliphatic hydroxyl groups is 5. The Balaban J connectivity index is 1.08. The summed E-state index contributed by atoms with van der Waals surface area (Å²) in [7, 11) is -3.23. The fourth-order valence-corrected chi connectivity index (χ4v) is 9.35. The number of halogens is 1. The maximum atomic E-state index is 13.4. The third-order valence-electron chi connectivity index (χ3n) is 10.3. The molecular formula is C38H48ClN3O9S2. The number of hydrogen-bond acceptors (Lipinski definition) is 12. The first kappa shape index (κ1) is 39.9. The minimum Gasteiger partial charge on any atom is -0.490 e. The number of amides is 1. The highest BCUT2D eigenvalue weighted by molar-refractivity contribution is 7.99. The molecule has 2 aromatic carbocycles. The molecule has 1 amide bonds. The number of nitrogens with zero attached hydrogens (tertiary/aromatic N) is 2. The highest BCUT2D eigenvalue weighted by Gasteiger charge is 2.46. The van der Waals surface area contributed by atoms with Crippen LogP contribution in [0.4, 0.5) is 0 Å². The Morgan fingerprint density at radius 2 is 1.75 bits per heavy atom. The van der Waals surface area contributed by atoms with Crippen LogP contribution < -0.4 is 10.1 Å². The topological polar surface area (TPSA) is 190 Å². The zero-order valence-electron chi connectivity index (χ0n) is 29.4. The maximum Gasteiger partial charge on any atom is 0.254 e. The molecule has 3 fully saturated rings. The van der Waals surface area contributed by atoms with Gasteiger partial charge >= 0.3 is 0 Å². The molecule has 15 heteroatoms. The molecule has 4 unspecified atom stereocenters. The van der Waals surface area contributed by atoms with Crippen molar-refractivity contribution in [2.24, 2.45) is 0 Å². The van der Waals surface area contributed by atoms with E-state index < -0.39 is 52.8 Å². The van der Waals surface area contributed by atoms with Gasteiger partial charge in [-0.2, -0.15) is 0 Å². The molecule has 12 nitrogen and oxygen atoms in total. The van der Waals surface area contributed by atoms with E-state index in [-0.39, 0.29) is 42.5 Å². The van der Waals surface area contributed by atoms with Crippen LogP contribution in [0.15, 0.2) is 65.8 Å². The third kappa shape index (κ3) is 9.91. The second-order valence-corrected chi connectivity index (χ2v) is 18.1. The summed E-state index contributed by atoms with van der Waals surface area (Å²) in [6.07, 6.45) is 1.12. The van der Waals surface area contributed by atoms with Crippen LogP contribution in [0.3, 0.4) is 0 Å². The Kier molecular flexibility index (Phi) is 13.1. The zero-order valence-corrected chi connectivity index (χ0v) is 31.8. The van der Waals surface area contributed by atoms with Crippen LogP contribution in [-0.2, 0) is 26.7 Å². The third-order valence-corrected chi connectivity index (χ3v) is 13.4. The summed E-state index contributed by atoms with van der Waals surface area (Å²) in [5, 5.41) is 54.4. The summed E-state index contributed by atoms with van der Waals surface area (Å²) in [5.41, 5.74) is 3.97. The molecule has 288 valence electrons. The number of carbonyl (C=O) groups is 1. The number of sulfone groups is 1. The van der Waals surface area contributed by atoms with Crippen LogP contribution in [0.2, 0.25) is 5.02 Å². The summed E-state index contributed by atoms with van der Waals surface area (Å²) in [4.78, 5) is 20.2. The molecule has 1 aromatic heterocycles. The van der Waals surface area contributed by atoms with Gasteiger partial charge in [0.15, 0.2) is 6.10 Å². The second-order valence-electron chi connectivity index (χ2n) is 14.2. The van der Waals surface area contributed by atoms with Crippen molar-refractivity contribution in [1.82, 2.24) is 15.2 Å². The van der Waals surface area contributed by atoms with Crippen LogP contribution in [-0.4, -0.2) is 117 Å². The molecule has 1 aliphatic heterocycles. The molecule has 0 spiro atoms. The maximum absolute atomic E-state index is 13.4. The second kappa shape index (κ2) is 17.3. The zero-order chi connectivity index (χ0) is 37.8. The number of benzene rings is 2. The van der Waals surface area contributed by atoms with Crippen molar-refractivity contribution in [3.63, 3.8) is 0 Å². The smallest absolute Gasteiger partial charge is 0.254 e. The van der Waals surface area contributed by atoms with E-state index in [0.29, 0.717) is 23.7 Å². The van der Waals surface area contributed by atoms with Crippen molar-refractivity contribution in [2.45, 2.75) is 98.5 Å². The average Bonchev–Trinajstić information content (AvgIpc) is 4.12. The number of carbonyl (C=O) groups excluding carboxylic acids is 1. The van der Waals surface area contributed by atoms with Gasteiger partial charge in [0.25, 0.3) is 5.91 Å². The molecule has 2 aliphatic carbocycles. The minimum atomic E-state index is -3.23. The van der Waals surface area contributed by atoms with E-state index in [0.717, 1.165) is 58.6 Å². The van der Waals surface area contributed by atoms with Gasteiger partial charge in [0.2, 0.25) is 0 Å². The summed E-state index contributed by atoms with van der Waals surface area (Å²) in [6, 6.07) is 15.6. The molecule has 0 radical (unpaired) electrons. The van der Waals surface area contributed by atoms with Gasteiger partial charge in [-0.25, -0.2) is 8.42 Å². The van der Waals surface area contributed by atoms with Crippen LogP contribution in [0, 0.1) is 0 Å². The van der Waals surface area contributed by atoms with Gasteiger partial charge in [-0.1, -0.05) is 29.8 Å². The Hall–Kier alpha value is -2.79. The first-order chi connectivity index (χ1) is 25.4. The van der Waals surface area contributed by atoms with Crippen molar-refractivity contribution in [2.75, 3.05) is 30.4 Å². The van der Waals surface area contributed by atoms with Crippen LogP contribution in [0.1, 0.15) is 56.1 Å². The lowest BCUT2D eigenvalue weighted by molar-refractivity contribution is -0.160. The molecule has 6 N–H and O–H groups in total. The molecule has 6 rings (SSSR count). The average molecular weight is 790 g/mol. The van der Waals surface area contributed by atoms with Gasteiger partial charge in [0, 0.05) is 52.5 Å². The van der Waals surface area contributed by atoms with Crippen molar-refractivity contribution < 1.29 is 43.5 Å². The summed E-state index contributed by atoms with van der Waals surface area (Å²) in [6.45, 7) is -0.169. The van der Waals surface area contributed by atoms with E-state index in [4.69, 9.17) is 21.4 Å². The molecule has 3 aliphatic rings. The normalized spacial score (nSPS) is 20.3. The van der Waals surface area contributed by atoms with Gasteiger partial charge in [-0.15, -0.1) is 11.8 Å². The van der Waals surface area contributed by atoms with Gasteiger partial charge < -0.3 is 40.5 Å². The van der Waals surface area contributed by atoms with E-state index in [2.05, 4.69) is 22.4 Å². The van der Waals surface area contributed by atoms with Crippen molar-refractivity contribution in [3.8, 4) is 16.9 Å². The SMILES string of the molecule is O=C(C(O)C(O)C(O)C(O)CO)N(CCCSc1ccc(Cl)c(CNC2(c3cnccc3-c3ccccc3OC3CC3)CC2)c1)C1CCS(=O)(=O)CC1. The van der Waals surface area contributed by atoms with Crippen molar-refractivity contribution >= 4 is 39.1 Å². The highest BCUT2D eigenvalue weighted by atomic mass is 35.5. The summed E-state index contributed by atoms with van der Waals surface area (Å²) in [5.74, 6) is 0.386.